The van der Waals surface area contributed by atoms with Gasteiger partial charge in [-0.25, -0.2) is 0 Å². The van der Waals surface area contributed by atoms with Gasteiger partial charge in [-0.05, 0) is 55.0 Å². The molecule has 2 rings (SSSR count). The number of anilines is 1. The molecular formula is C19H18F3NO3. The summed E-state index contributed by atoms with van der Waals surface area (Å²) in [5, 5.41) is 2.50. The number of carbonyl (C=O) groups excluding carboxylic acids is 1. The van der Waals surface area contributed by atoms with Crippen molar-refractivity contribution in [3.63, 3.8) is 0 Å². The van der Waals surface area contributed by atoms with Crippen LogP contribution in [0.1, 0.15) is 18.1 Å². The van der Waals surface area contributed by atoms with Crippen molar-refractivity contribution in [3.8, 4) is 11.5 Å². The summed E-state index contributed by atoms with van der Waals surface area (Å²) in [7, 11) is 1.52. The molecule has 0 fully saturated rings. The summed E-state index contributed by atoms with van der Waals surface area (Å²) in [4.78, 5) is 11.9. The van der Waals surface area contributed by atoms with Gasteiger partial charge < -0.3 is 14.8 Å². The van der Waals surface area contributed by atoms with E-state index >= 15 is 0 Å². The van der Waals surface area contributed by atoms with Crippen molar-refractivity contribution in [3.05, 3.63) is 59.7 Å². The van der Waals surface area contributed by atoms with E-state index in [1.807, 2.05) is 6.92 Å². The standard InChI is InChI=1S/C19H18F3NO3/c1-3-26-16-10-4-13(12-17(16)25-2)5-11-18(24)23-15-8-6-14(7-9-15)19(20,21)22/h4-12H,3H2,1-2H3,(H,23,24)/b11-5+. The Morgan fingerprint density at radius 2 is 1.81 bits per heavy atom. The lowest BCUT2D eigenvalue weighted by molar-refractivity contribution is -0.137. The number of amides is 1. The zero-order valence-corrected chi connectivity index (χ0v) is 14.3. The van der Waals surface area contributed by atoms with Gasteiger partial charge in [0.15, 0.2) is 11.5 Å². The number of benzene rings is 2. The Hall–Kier alpha value is -2.96. The van der Waals surface area contributed by atoms with Crippen LogP contribution in [-0.4, -0.2) is 19.6 Å². The van der Waals surface area contributed by atoms with Crippen LogP contribution in [0.25, 0.3) is 6.08 Å². The number of nitrogens with one attached hydrogen (secondary N) is 1. The maximum absolute atomic E-state index is 12.5. The Morgan fingerprint density at radius 1 is 1.12 bits per heavy atom. The minimum atomic E-state index is -4.41. The molecule has 0 saturated carbocycles. The molecule has 0 unspecified atom stereocenters. The summed E-state index contributed by atoms with van der Waals surface area (Å²) >= 11 is 0. The van der Waals surface area contributed by atoms with Gasteiger partial charge in [-0.3, -0.25) is 4.79 Å². The first kappa shape index (κ1) is 19.4. The van der Waals surface area contributed by atoms with Crippen molar-refractivity contribution in [2.45, 2.75) is 13.1 Å². The van der Waals surface area contributed by atoms with Gasteiger partial charge in [0.25, 0.3) is 0 Å². The van der Waals surface area contributed by atoms with Gasteiger partial charge >= 0.3 is 6.18 Å². The smallest absolute Gasteiger partial charge is 0.416 e. The fourth-order valence-corrected chi connectivity index (χ4v) is 2.16. The van der Waals surface area contributed by atoms with E-state index in [1.165, 1.54) is 25.3 Å². The minimum absolute atomic E-state index is 0.275. The highest BCUT2D eigenvalue weighted by Gasteiger charge is 2.29. The number of ether oxygens (including phenoxy) is 2. The molecule has 0 atom stereocenters. The monoisotopic (exact) mass is 365 g/mol. The van der Waals surface area contributed by atoms with Crippen LogP contribution in [-0.2, 0) is 11.0 Å². The average Bonchev–Trinajstić information content (AvgIpc) is 2.60. The third-order valence-corrected chi connectivity index (χ3v) is 3.39. The molecule has 4 nitrogen and oxygen atoms in total. The van der Waals surface area contributed by atoms with Crippen molar-refractivity contribution in [2.24, 2.45) is 0 Å². The molecule has 0 spiro atoms. The minimum Gasteiger partial charge on any atom is -0.493 e. The van der Waals surface area contributed by atoms with E-state index in [-0.39, 0.29) is 5.69 Å². The van der Waals surface area contributed by atoms with E-state index in [0.717, 1.165) is 12.1 Å². The van der Waals surface area contributed by atoms with Crippen molar-refractivity contribution >= 4 is 17.7 Å². The van der Waals surface area contributed by atoms with Gasteiger partial charge in [0.1, 0.15) is 0 Å². The molecule has 2 aromatic rings. The second kappa shape index (κ2) is 8.42. The van der Waals surface area contributed by atoms with Crippen LogP contribution in [0.15, 0.2) is 48.5 Å². The van der Waals surface area contributed by atoms with Crippen LogP contribution in [0.3, 0.4) is 0 Å². The van der Waals surface area contributed by atoms with Crippen molar-refractivity contribution in [2.75, 3.05) is 19.0 Å². The molecule has 7 heteroatoms. The fraction of sp³-hybridized carbons (Fsp3) is 0.211. The van der Waals surface area contributed by atoms with Gasteiger partial charge in [-0.1, -0.05) is 6.07 Å². The summed E-state index contributed by atoms with van der Waals surface area (Å²) in [5.41, 5.74) is 0.220. The lowest BCUT2D eigenvalue weighted by atomic mass is 10.2. The van der Waals surface area contributed by atoms with Gasteiger partial charge in [0, 0.05) is 11.8 Å². The van der Waals surface area contributed by atoms with Gasteiger partial charge in [-0.15, -0.1) is 0 Å². The molecule has 2 aromatic carbocycles. The maximum Gasteiger partial charge on any atom is 0.416 e. The van der Waals surface area contributed by atoms with Crippen LogP contribution in [0.5, 0.6) is 11.5 Å². The number of rotatable bonds is 6. The van der Waals surface area contributed by atoms with Gasteiger partial charge in [-0.2, -0.15) is 13.2 Å². The number of hydrogen-bond acceptors (Lipinski definition) is 3. The highest BCUT2D eigenvalue weighted by Crippen LogP contribution is 2.30. The Labute approximate surface area is 149 Å². The summed E-state index contributed by atoms with van der Waals surface area (Å²) < 4.78 is 48.2. The second-order valence-corrected chi connectivity index (χ2v) is 5.24. The van der Waals surface area contributed by atoms with Gasteiger partial charge in [0.2, 0.25) is 5.91 Å². The molecule has 138 valence electrons. The maximum atomic E-state index is 12.5. The zero-order chi connectivity index (χ0) is 19.2. The SMILES string of the molecule is CCOc1ccc(/C=C/C(=O)Nc2ccc(C(F)(F)F)cc2)cc1OC. The van der Waals surface area contributed by atoms with Crippen molar-refractivity contribution in [1.29, 1.82) is 0 Å². The molecule has 1 N–H and O–H groups in total. The summed E-state index contributed by atoms with van der Waals surface area (Å²) in [6, 6.07) is 9.44. The molecule has 0 aliphatic carbocycles. The number of hydrogen-bond donors (Lipinski definition) is 1. The van der Waals surface area contributed by atoms with Crippen molar-refractivity contribution < 1.29 is 27.4 Å². The van der Waals surface area contributed by atoms with Crippen molar-refractivity contribution in [1.82, 2.24) is 0 Å². The molecular weight excluding hydrogens is 347 g/mol. The van der Waals surface area contributed by atoms with Crippen LogP contribution in [0.4, 0.5) is 18.9 Å². The Morgan fingerprint density at radius 3 is 2.38 bits per heavy atom. The van der Waals surface area contributed by atoms with Crippen LogP contribution >= 0.6 is 0 Å². The Bertz CT molecular complexity index is 784. The highest BCUT2D eigenvalue weighted by atomic mass is 19.4. The quantitative estimate of drug-likeness (QED) is 0.751. The largest absolute Gasteiger partial charge is 0.493 e. The predicted molar refractivity (Wildman–Crippen MR) is 93.3 cm³/mol. The summed E-state index contributed by atoms with van der Waals surface area (Å²) in [6.07, 6.45) is -1.56. The lowest BCUT2D eigenvalue weighted by Crippen LogP contribution is -2.09. The molecule has 0 aromatic heterocycles. The van der Waals surface area contributed by atoms with E-state index < -0.39 is 17.6 Å². The van der Waals surface area contributed by atoms with E-state index in [2.05, 4.69) is 5.32 Å². The predicted octanol–water partition coefficient (Wildman–Crippen LogP) is 4.76. The van der Waals surface area contributed by atoms with Crippen LogP contribution in [0.2, 0.25) is 0 Å². The summed E-state index contributed by atoms with van der Waals surface area (Å²) in [6.45, 7) is 2.36. The van der Waals surface area contributed by atoms with E-state index in [9.17, 15) is 18.0 Å². The van der Waals surface area contributed by atoms with E-state index in [1.54, 1.807) is 24.3 Å². The topological polar surface area (TPSA) is 47.6 Å². The fourth-order valence-electron chi connectivity index (χ4n) is 2.16. The Kier molecular flexibility index (Phi) is 6.27. The molecule has 0 heterocycles. The Balaban J connectivity index is 2.03. The highest BCUT2D eigenvalue weighted by molar-refractivity contribution is 6.01. The number of methoxy groups -OCH3 is 1. The molecule has 0 saturated heterocycles. The number of carbonyl (C=O) groups is 1. The third kappa shape index (κ3) is 5.27. The zero-order valence-electron chi connectivity index (χ0n) is 14.3. The van der Waals surface area contributed by atoms with E-state index in [0.29, 0.717) is 23.7 Å². The third-order valence-electron chi connectivity index (χ3n) is 3.39. The average molecular weight is 365 g/mol. The first-order valence-corrected chi connectivity index (χ1v) is 7.80. The number of alkyl halides is 3. The first-order valence-electron chi connectivity index (χ1n) is 7.80. The van der Waals surface area contributed by atoms with Gasteiger partial charge in [0.05, 0.1) is 19.3 Å². The first-order chi connectivity index (χ1) is 12.3. The molecule has 0 bridgehead atoms. The van der Waals surface area contributed by atoms with Crippen LogP contribution < -0.4 is 14.8 Å². The lowest BCUT2D eigenvalue weighted by Gasteiger charge is -2.09. The molecule has 1 amide bonds. The molecule has 0 radical (unpaired) electrons. The normalized spacial score (nSPS) is 11.4. The molecule has 0 aliphatic rings. The van der Waals surface area contributed by atoms with Crippen LogP contribution in [0, 0.1) is 0 Å². The number of halogens is 3. The summed E-state index contributed by atoms with van der Waals surface area (Å²) in [5.74, 6) is 0.677. The molecule has 26 heavy (non-hydrogen) atoms. The van der Waals surface area contributed by atoms with E-state index in [4.69, 9.17) is 9.47 Å². The second-order valence-electron chi connectivity index (χ2n) is 5.24. The molecule has 0 aliphatic heterocycles.